The molecule has 0 fully saturated rings. The van der Waals surface area contributed by atoms with Gasteiger partial charge in [0.1, 0.15) is 0 Å². The van der Waals surface area contributed by atoms with Gasteiger partial charge in [-0.1, -0.05) is 6.07 Å². The Morgan fingerprint density at radius 1 is 1.45 bits per heavy atom. The monoisotopic (exact) mass is 261 g/mol. The predicted molar refractivity (Wildman–Crippen MR) is 56.5 cm³/mol. The molecule has 1 atom stereocenters. The molecule has 0 aliphatic rings. The van der Waals surface area contributed by atoms with Crippen LogP contribution in [0.4, 0.5) is 0 Å². The van der Waals surface area contributed by atoms with Gasteiger partial charge in [0, 0.05) is 9.61 Å². The maximum absolute atomic E-state index is 5.76. The first-order valence-corrected chi connectivity index (χ1v) is 4.71. The van der Waals surface area contributed by atoms with Crippen LogP contribution < -0.4 is 5.73 Å². The van der Waals surface area contributed by atoms with Crippen LogP contribution in [0.2, 0.25) is 0 Å². The molecule has 2 N–H and O–H groups in total. The van der Waals surface area contributed by atoms with Gasteiger partial charge in [-0.05, 0) is 59.7 Å². The van der Waals surface area contributed by atoms with Gasteiger partial charge in [0.25, 0.3) is 0 Å². The molecule has 0 saturated heterocycles. The average molecular weight is 261 g/mol. The molecule has 0 amide bonds. The van der Waals surface area contributed by atoms with Gasteiger partial charge in [0.15, 0.2) is 0 Å². The third kappa shape index (κ3) is 2.17. The highest BCUT2D eigenvalue weighted by Crippen LogP contribution is 2.17. The quantitative estimate of drug-likeness (QED) is 0.772. The van der Waals surface area contributed by atoms with Crippen molar-refractivity contribution in [1.82, 2.24) is 0 Å². The summed E-state index contributed by atoms with van der Waals surface area (Å²) in [5.41, 5.74) is 8.29. The van der Waals surface area contributed by atoms with Crippen LogP contribution in [-0.2, 0) is 0 Å². The van der Waals surface area contributed by atoms with E-state index in [2.05, 4.69) is 47.7 Å². The van der Waals surface area contributed by atoms with Crippen LogP contribution in [0.3, 0.4) is 0 Å². The summed E-state index contributed by atoms with van der Waals surface area (Å²) in [5.74, 6) is 0. The van der Waals surface area contributed by atoms with Crippen LogP contribution in [0, 0.1) is 10.5 Å². The first-order chi connectivity index (χ1) is 5.11. The van der Waals surface area contributed by atoms with Crippen LogP contribution in [0.5, 0.6) is 0 Å². The van der Waals surface area contributed by atoms with Gasteiger partial charge in [-0.25, -0.2) is 0 Å². The van der Waals surface area contributed by atoms with E-state index in [-0.39, 0.29) is 6.04 Å². The normalized spacial score (nSPS) is 13.1. The highest BCUT2D eigenvalue weighted by atomic mass is 127. The first kappa shape index (κ1) is 9.00. The van der Waals surface area contributed by atoms with Crippen molar-refractivity contribution in [3.05, 3.63) is 32.9 Å². The summed E-state index contributed by atoms with van der Waals surface area (Å²) in [7, 11) is 0. The van der Waals surface area contributed by atoms with Crippen molar-refractivity contribution in [2.24, 2.45) is 5.73 Å². The second-order valence-corrected chi connectivity index (χ2v) is 4.04. The van der Waals surface area contributed by atoms with E-state index < -0.39 is 0 Å². The molecule has 1 aromatic rings. The molecule has 0 bridgehead atoms. The Kier molecular flexibility index (Phi) is 2.90. The van der Waals surface area contributed by atoms with Crippen LogP contribution in [-0.4, -0.2) is 0 Å². The van der Waals surface area contributed by atoms with E-state index in [1.165, 1.54) is 14.7 Å². The smallest absolute Gasteiger partial charge is 0.0268 e. The SMILES string of the molecule is Cc1cc(I)ccc1[C@H](C)N. The Hall–Kier alpha value is -0.0900. The molecule has 0 spiro atoms. The molecule has 11 heavy (non-hydrogen) atoms. The lowest BCUT2D eigenvalue weighted by molar-refractivity contribution is 0.809. The number of rotatable bonds is 1. The molecule has 0 unspecified atom stereocenters. The van der Waals surface area contributed by atoms with Crippen LogP contribution >= 0.6 is 22.6 Å². The van der Waals surface area contributed by atoms with Gasteiger partial charge in [-0.15, -0.1) is 0 Å². The van der Waals surface area contributed by atoms with E-state index in [4.69, 9.17) is 5.73 Å². The number of aryl methyl sites for hydroxylation is 1. The second kappa shape index (κ2) is 3.54. The van der Waals surface area contributed by atoms with E-state index in [9.17, 15) is 0 Å². The number of halogens is 1. The van der Waals surface area contributed by atoms with E-state index in [1.54, 1.807) is 0 Å². The van der Waals surface area contributed by atoms with Gasteiger partial charge in [-0.2, -0.15) is 0 Å². The van der Waals surface area contributed by atoms with Crippen molar-refractivity contribution in [3.8, 4) is 0 Å². The van der Waals surface area contributed by atoms with Crippen molar-refractivity contribution < 1.29 is 0 Å². The molecular weight excluding hydrogens is 249 g/mol. The summed E-state index contributed by atoms with van der Waals surface area (Å²) in [6.07, 6.45) is 0. The maximum atomic E-state index is 5.76. The summed E-state index contributed by atoms with van der Waals surface area (Å²) in [6.45, 7) is 4.11. The molecule has 0 aromatic heterocycles. The number of hydrogen-bond acceptors (Lipinski definition) is 1. The summed E-state index contributed by atoms with van der Waals surface area (Å²) in [5, 5.41) is 0. The molecular formula is C9H12IN. The Labute approximate surface area is 81.1 Å². The molecule has 0 aliphatic heterocycles. The summed E-state index contributed by atoms with van der Waals surface area (Å²) in [6, 6.07) is 6.49. The zero-order chi connectivity index (χ0) is 8.43. The lowest BCUT2D eigenvalue weighted by Gasteiger charge is -2.08. The predicted octanol–water partition coefficient (Wildman–Crippen LogP) is 2.62. The fraction of sp³-hybridized carbons (Fsp3) is 0.333. The maximum Gasteiger partial charge on any atom is 0.0268 e. The number of hydrogen-bond donors (Lipinski definition) is 1. The lowest BCUT2D eigenvalue weighted by Crippen LogP contribution is -2.06. The van der Waals surface area contributed by atoms with Gasteiger partial charge in [0.05, 0.1) is 0 Å². The topological polar surface area (TPSA) is 26.0 Å². The van der Waals surface area contributed by atoms with E-state index >= 15 is 0 Å². The van der Waals surface area contributed by atoms with Crippen LogP contribution in [0.15, 0.2) is 18.2 Å². The molecule has 60 valence electrons. The molecule has 1 rings (SSSR count). The largest absolute Gasteiger partial charge is 0.324 e. The second-order valence-electron chi connectivity index (χ2n) is 2.79. The van der Waals surface area contributed by atoms with Crippen molar-refractivity contribution >= 4 is 22.6 Å². The zero-order valence-corrected chi connectivity index (χ0v) is 8.92. The van der Waals surface area contributed by atoms with Gasteiger partial charge in [-0.3, -0.25) is 0 Å². The molecule has 0 saturated carbocycles. The van der Waals surface area contributed by atoms with E-state index in [0.29, 0.717) is 0 Å². The van der Waals surface area contributed by atoms with Gasteiger partial charge >= 0.3 is 0 Å². The van der Waals surface area contributed by atoms with Gasteiger partial charge < -0.3 is 5.73 Å². The summed E-state index contributed by atoms with van der Waals surface area (Å²) >= 11 is 2.30. The standard InChI is InChI=1S/C9H12IN/c1-6-5-8(10)3-4-9(6)7(2)11/h3-5,7H,11H2,1-2H3/t7-/m0/s1. The molecule has 1 nitrogen and oxygen atoms in total. The fourth-order valence-corrected chi connectivity index (χ4v) is 1.80. The van der Waals surface area contributed by atoms with E-state index in [0.717, 1.165) is 0 Å². The highest BCUT2D eigenvalue weighted by Gasteiger charge is 2.02. The van der Waals surface area contributed by atoms with Crippen molar-refractivity contribution in [1.29, 1.82) is 0 Å². The Morgan fingerprint density at radius 2 is 2.09 bits per heavy atom. The molecule has 0 radical (unpaired) electrons. The van der Waals surface area contributed by atoms with Crippen molar-refractivity contribution in [3.63, 3.8) is 0 Å². The van der Waals surface area contributed by atoms with Crippen LogP contribution in [0.1, 0.15) is 24.1 Å². The molecule has 0 aliphatic carbocycles. The Morgan fingerprint density at radius 3 is 2.55 bits per heavy atom. The van der Waals surface area contributed by atoms with Crippen LogP contribution in [0.25, 0.3) is 0 Å². The minimum Gasteiger partial charge on any atom is -0.324 e. The third-order valence-electron chi connectivity index (χ3n) is 1.72. The third-order valence-corrected chi connectivity index (χ3v) is 2.39. The zero-order valence-electron chi connectivity index (χ0n) is 6.76. The Balaban J connectivity index is 3.09. The van der Waals surface area contributed by atoms with Crippen molar-refractivity contribution in [2.45, 2.75) is 19.9 Å². The highest BCUT2D eigenvalue weighted by molar-refractivity contribution is 14.1. The summed E-state index contributed by atoms with van der Waals surface area (Å²) in [4.78, 5) is 0. The summed E-state index contributed by atoms with van der Waals surface area (Å²) < 4.78 is 1.27. The number of nitrogens with two attached hydrogens (primary N) is 1. The van der Waals surface area contributed by atoms with Crippen molar-refractivity contribution in [2.75, 3.05) is 0 Å². The minimum absolute atomic E-state index is 0.145. The average Bonchev–Trinajstić information content (AvgIpc) is 1.85. The lowest BCUT2D eigenvalue weighted by atomic mass is 10.0. The van der Waals surface area contributed by atoms with E-state index in [1.807, 2.05) is 6.92 Å². The minimum atomic E-state index is 0.145. The fourth-order valence-electron chi connectivity index (χ4n) is 1.15. The molecule has 1 aromatic carbocycles. The molecule has 2 heteroatoms. The van der Waals surface area contributed by atoms with Gasteiger partial charge in [0.2, 0.25) is 0 Å². The Bertz CT molecular complexity index is 256. The first-order valence-electron chi connectivity index (χ1n) is 3.63. The molecule has 0 heterocycles. The number of benzene rings is 1.